The second-order valence-corrected chi connectivity index (χ2v) is 4.89. The number of rotatable bonds is 2. The van der Waals surface area contributed by atoms with Crippen LogP contribution in [0.5, 0.6) is 0 Å². The fourth-order valence-corrected chi connectivity index (χ4v) is 2.11. The number of nitrogens with one attached hydrogen (secondary N) is 2. The smallest absolute Gasteiger partial charge is 0.219 e. The van der Waals surface area contributed by atoms with Gasteiger partial charge in [0.05, 0.1) is 18.6 Å². The molecule has 2 N–H and O–H groups in total. The molecule has 1 aromatic heterocycles. The van der Waals surface area contributed by atoms with Crippen molar-refractivity contribution in [2.24, 2.45) is 0 Å². The zero-order valence-electron chi connectivity index (χ0n) is 11.2. The average molecular weight is 248 g/mol. The lowest BCUT2D eigenvalue weighted by Gasteiger charge is -2.29. The van der Waals surface area contributed by atoms with Gasteiger partial charge in [0.25, 0.3) is 0 Å². The van der Waals surface area contributed by atoms with Crippen molar-refractivity contribution in [3.63, 3.8) is 0 Å². The third-order valence-electron chi connectivity index (χ3n) is 3.13. The number of carbonyl (C=O) groups is 1. The van der Waals surface area contributed by atoms with Crippen LogP contribution in [0.1, 0.15) is 38.1 Å². The van der Waals surface area contributed by atoms with E-state index in [4.69, 9.17) is 0 Å². The van der Waals surface area contributed by atoms with Gasteiger partial charge in [0.1, 0.15) is 0 Å². The minimum Gasteiger partial charge on any atom is -0.385 e. The van der Waals surface area contributed by atoms with Gasteiger partial charge >= 0.3 is 0 Å². The molecule has 1 aromatic rings. The van der Waals surface area contributed by atoms with Crippen molar-refractivity contribution in [1.82, 2.24) is 20.2 Å². The van der Waals surface area contributed by atoms with Gasteiger partial charge in [-0.05, 0) is 12.0 Å². The maximum Gasteiger partial charge on any atom is 0.219 e. The predicted octanol–water partition coefficient (Wildman–Crippen LogP) is 1.33. The summed E-state index contributed by atoms with van der Waals surface area (Å²) in [4.78, 5) is 20.7. The molecule has 5 heteroatoms. The first kappa shape index (κ1) is 12.7. The van der Waals surface area contributed by atoms with Crippen LogP contribution in [0.25, 0.3) is 6.08 Å². The third-order valence-corrected chi connectivity index (χ3v) is 3.13. The molecule has 0 aliphatic carbocycles. The summed E-state index contributed by atoms with van der Waals surface area (Å²) in [6.45, 7) is 8.07. The van der Waals surface area contributed by atoms with E-state index >= 15 is 0 Å². The summed E-state index contributed by atoms with van der Waals surface area (Å²) in [5, 5.41) is 3.32. The van der Waals surface area contributed by atoms with E-state index < -0.39 is 0 Å². The topological polar surface area (TPSA) is 61.0 Å². The maximum atomic E-state index is 11.4. The highest BCUT2D eigenvalue weighted by atomic mass is 16.2. The van der Waals surface area contributed by atoms with Crippen molar-refractivity contribution in [3.05, 3.63) is 23.4 Å². The number of nitrogens with zero attached hydrogens (tertiary/aromatic N) is 2. The summed E-state index contributed by atoms with van der Waals surface area (Å²) in [5.74, 6) is 0.528. The van der Waals surface area contributed by atoms with Gasteiger partial charge in [-0.3, -0.25) is 4.79 Å². The number of aromatic amines is 1. The van der Waals surface area contributed by atoms with Gasteiger partial charge in [0.2, 0.25) is 5.91 Å². The summed E-state index contributed by atoms with van der Waals surface area (Å²) in [6, 6.07) is 0. The molecule has 18 heavy (non-hydrogen) atoms. The molecule has 0 radical (unpaired) electrons. The lowest BCUT2D eigenvalue weighted by atomic mass is 10.1. The normalized spacial score (nSPS) is 18.2. The minimum absolute atomic E-state index is 0.119. The molecule has 1 aliphatic heterocycles. The first-order chi connectivity index (χ1) is 8.58. The highest BCUT2D eigenvalue weighted by Gasteiger charge is 2.16. The SMILES string of the molecule is CC(=O)N1CCN/C(=C\c2nc[nH]c2C(C)C)C1. The average Bonchev–Trinajstić information content (AvgIpc) is 2.77. The molecule has 0 spiro atoms. The van der Waals surface area contributed by atoms with E-state index in [1.165, 1.54) is 0 Å². The third kappa shape index (κ3) is 2.72. The lowest BCUT2D eigenvalue weighted by Crippen LogP contribution is -2.44. The zero-order chi connectivity index (χ0) is 13.1. The first-order valence-electron chi connectivity index (χ1n) is 6.31. The molecule has 1 fully saturated rings. The van der Waals surface area contributed by atoms with Crippen LogP contribution in [0.2, 0.25) is 0 Å². The van der Waals surface area contributed by atoms with Gasteiger partial charge in [0.15, 0.2) is 0 Å². The van der Waals surface area contributed by atoms with Gasteiger partial charge in [-0.25, -0.2) is 4.98 Å². The largest absolute Gasteiger partial charge is 0.385 e. The fraction of sp³-hybridized carbons (Fsp3) is 0.538. The summed E-state index contributed by atoms with van der Waals surface area (Å²) >= 11 is 0. The van der Waals surface area contributed by atoms with E-state index in [2.05, 4.69) is 29.1 Å². The molecule has 1 amide bonds. The molecule has 5 nitrogen and oxygen atoms in total. The quantitative estimate of drug-likeness (QED) is 0.830. The molecule has 0 bridgehead atoms. The molecule has 0 unspecified atom stereocenters. The number of piperazine rings is 1. The fourth-order valence-electron chi connectivity index (χ4n) is 2.11. The standard InChI is InChI=1S/C13H20N4O/c1-9(2)13-12(15-8-16-13)6-11-7-17(10(3)18)5-4-14-11/h6,8-9,14H,4-5,7H2,1-3H3,(H,15,16)/b11-6-. The van der Waals surface area contributed by atoms with Crippen molar-refractivity contribution >= 4 is 12.0 Å². The van der Waals surface area contributed by atoms with E-state index in [-0.39, 0.29) is 5.91 Å². The molecule has 2 rings (SSSR count). The molecular weight excluding hydrogens is 228 g/mol. The van der Waals surface area contributed by atoms with E-state index in [9.17, 15) is 4.79 Å². The van der Waals surface area contributed by atoms with Crippen LogP contribution in [0.4, 0.5) is 0 Å². The molecule has 0 saturated carbocycles. The monoisotopic (exact) mass is 248 g/mol. The number of H-pyrrole nitrogens is 1. The maximum absolute atomic E-state index is 11.4. The second kappa shape index (κ2) is 5.25. The summed E-state index contributed by atoms with van der Waals surface area (Å²) in [7, 11) is 0. The number of amides is 1. The Kier molecular flexibility index (Phi) is 3.69. The lowest BCUT2D eigenvalue weighted by molar-refractivity contribution is -0.128. The summed E-state index contributed by atoms with van der Waals surface area (Å²) in [6.07, 6.45) is 3.74. The zero-order valence-corrected chi connectivity index (χ0v) is 11.2. The molecule has 2 heterocycles. The number of hydrogen-bond acceptors (Lipinski definition) is 3. The number of carbonyl (C=O) groups excluding carboxylic acids is 1. The number of aromatic nitrogens is 2. The van der Waals surface area contributed by atoms with E-state index in [1.807, 2.05) is 11.0 Å². The van der Waals surface area contributed by atoms with Crippen molar-refractivity contribution in [1.29, 1.82) is 0 Å². The molecular formula is C13H20N4O. The van der Waals surface area contributed by atoms with Gasteiger partial charge in [-0.15, -0.1) is 0 Å². The summed E-state index contributed by atoms with van der Waals surface area (Å²) in [5.41, 5.74) is 3.13. The van der Waals surface area contributed by atoms with Crippen LogP contribution in [0.3, 0.4) is 0 Å². The van der Waals surface area contributed by atoms with E-state index in [0.29, 0.717) is 12.5 Å². The molecule has 0 aromatic carbocycles. The van der Waals surface area contributed by atoms with Gasteiger partial charge in [-0.2, -0.15) is 0 Å². The molecule has 0 atom stereocenters. The van der Waals surface area contributed by atoms with Gasteiger partial charge in [0, 0.05) is 31.4 Å². The van der Waals surface area contributed by atoms with Crippen LogP contribution in [0, 0.1) is 0 Å². The predicted molar refractivity (Wildman–Crippen MR) is 70.9 cm³/mol. The minimum atomic E-state index is 0.119. The highest BCUT2D eigenvalue weighted by molar-refractivity contribution is 5.74. The molecule has 1 aliphatic rings. The number of hydrogen-bond donors (Lipinski definition) is 2. The van der Waals surface area contributed by atoms with Gasteiger partial charge < -0.3 is 15.2 Å². The number of imidazole rings is 1. The Morgan fingerprint density at radius 1 is 1.56 bits per heavy atom. The first-order valence-corrected chi connectivity index (χ1v) is 6.31. The van der Waals surface area contributed by atoms with E-state index in [0.717, 1.165) is 30.2 Å². The highest BCUT2D eigenvalue weighted by Crippen LogP contribution is 2.18. The van der Waals surface area contributed by atoms with E-state index in [1.54, 1.807) is 13.3 Å². The van der Waals surface area contributed by atoms with Crippen LogP contribution in [-0.4, -0.2) is 40.4 Å². The van der Waals surface area contributed by atoms with Crippen molar-refractivity contribution < 1.29 is 4.79 Å². The van der Waals surface area contributed by atoms with Crippen LogP contribution in [-0.2, 0) is 4.79 Å². The Morgan fingerprint density at radius 2 is 2.33 bits per heavy atom. The van der Waals surface area contributed by atoms with Crippen molar-refractivity contribution in [2.45, 2.75) is 26.7 Å². The molecule has 98 valence electrons. The van der Waals surface area contributed by atoms with Gasteiger partial charge in [-0.1, -0.05) is 13.8 Å². The Bertz CT molecular complexity index is 461. The van der Waals surface area contributed by atoms with Crippen LogP contribution in [0.15, 0.2) is 12.0 Å². The Hall–Kier alpha value is -1.78. The Balaban J connectivity index is 2.17. The Labute approximate surface area is 107 Å². The van der Waals surface area contributed by atoms with Crippen LogP contribution < -0.4 is 5.32 Å². The summed E-state index contributed by atoms with van der Waals surface area (Å²) < 4.78 is 0. The second-order valence-electron chi connectivity index (χ2n) is 4.89. The Morgan fingerprint density at radius 3 is 3.00 bits per heavy atom. The van der Waals surface area contributed by atoms with Crippen molar-refractivity contribution in [3.8, 4) is 0 Å². The molecule has 1 saturated heterocycles. The van der Waals surface area contributed by atoms with Crippen molar-refractivity contribution in [2.75, 3.05) is 19.6 Å². The van der Waals surface area contributed by atoms with Crippen LogP contribution >= 0.6 is 0 Å².